The van der Waals surface area contributed by atoms with E-state index in [-0.39, 0.29) is 5.78 Å². The molecule has 0 aromatic heterocycles. The van der Waals surface area contributed by atoms with Gasteiger partial charge in [0.25, 0.3) is 0 Å². The van der Waals surface area contributed by atoms with E-state index in [0.29, 0.717) is 0 Å². The molecule has 0 saturated carbocycles. The summed E-state index contributed by atoms with van der Waals surface area (Å²) in [7, 11) is 0. The largest absolute Gasteiger partial charge is 0.289 e. The van der Waals surface area contributed by atoms with Gasteiger partial charge in [-0.2, -0.15) is 0 Å². The molecule has 1 nitrogen and oxygen atoms in total. The predicted octanol–water partition coefficient (Wildman–Crippen LogP) is 5.51. The maximum absolute atomic E-state index is 13.3. The smallest absolute Gasteiger partial charge is 0.194 e. The number of aryl methyl sites for hydroxylation is 3. The number of carbonyl (C=O) groups is 1. The molecule has 0 amide bonds. The Hall–Kier alpha value is -2.67. The van der Waals surface area contributed by atoms with Crippen molar-refractivity contribution in [3.63, 3.8) is 0 Å². The molecule has 3 aromatic rings. The van der Waals surface area contributed by atoms with Crippen LogP contribution in [0.5, 0.6) is 0 Å². The first-order chi connectivity index (χ1) is 11.1. The molecule has 23 heavy (non-hydrogen) atoms. The Kier molecular flexibility index (Phi) is 4.12. The molecule has 0 spiro atoms. The Morgan fingerprint density at radius 2 is 1.13 bits per heavy atom. The van der Waals surface area contributed by atoms with Gasteiger partial charge in [-0.25, -0.2) is 0 Å². The van der Waals surface area contributed by atoms with Crippen molar-refractivity contribution in [1.82, 2.24) is 0 Å². The minimum atomic E-state index is 0.109. The summed E-state index contributed by atoms with van der Waals surface area (Å²) in [5.74, 6) is 0.109. The van der Waals surface area contributed by atoms with E-state index >= 15 is 0 Å². The third kappa shape index (κ3) is 2.83. The Bertz CT molecular complexity index is 840. The van der Waals surface area contributed by atoms with Gasteiger partial charge in [-0.3, -0.25) is 4.79 Å². The normalized spacial score (nSPS) is 10.6. The monoisotopic (exact) mass is 300 g/mol. The molecule has 0 aliphatic heterocycles. The second kappa shape index (κ2) is 6.21. The minimum absolute atomic E-state index is 0.109. The third-order valence-electron chi connectivity index (χ3n) is 4.29. The molecule has 0 N–H and O–H groups in total. The van der Waals surface area contributed by atoms with Crippen LogP contribution in [0.3, 0.4) is 0 Å². The Morgan fingerprint density at radius 1 is 0.609 bits per heavy atom. The van der Waals surface area contributed by atoms with Crippen molar-refractivity contribution in [3.8, 4) is 11.1 Å². The van der Waals surface area contributed by atoms with Crippen LogP contribution in [0.15, 0.2) is 66.7 Å². The zero-order chi connectivity index (χ0) is 16.4. The second-order valence-corrected chi connectivity index (χ2v) is 5.96. The van der Waals surface area contributed by atoms with Gasteiger partial charge in [0.15, 0.2) is 5.78 Å². The first kappa shape index (κ1) is 15.2. The second-order valence-electron chi connectivity index (χ2n) is 5.96. The minimum Gasteiger partial charge on any atom is -0.289 e. The lowest BCUT2D eigenvalue weighted by molar-refractivity contribution is 0.103. The summed E-state index contributed by atoms with van der Waals surface area (Å²) in [6.45, 7) is 6.01. The molecule has 1 heteroatoms. The predicted molar refractivity (Wildman–Crippen MR) is 96.0 cm³/mol. The lowest BCUT2D eigenvalue weighted by Crippen LogP contribution is -2.09. The molecule has 114 valence electrons. The van der Waals surface area contributed by atoms with Crippen LogP contribution in [-0.4, -0.2) is 5.78 Å². The van der Waals surface area contributed by atoms with Crippen LogP contribution in [0.2, 0.25) is 0 Å². The third-order valence-corrected chi connectivity index (χ3v) is 4.29. The van der Waals surface area contributed by atoms with Gasteiger partial charge in [-0.1, -0.05) is 66.7 Å². The topological polar surface area (TPSA) is 17.1 Å². The highest BCUT2D eigenvalue weighted by molar-refractivity contribution is 6.15. The zero-order valence-electron chi connectivity index (χ0n) is 13.8. The van der Waals surface area contributed by atoms with E-state index in [0.717, 1.165) is 38.9 Å². The standard InChI is InChI=1S/C22H20O/c1-15-9-7-10-16(2)20(15)22(23)21-17(3)11-8-14-19(21)18-12-5-4-6-13-18/h4-14H,1-3H3. The Labute approximate surface area is 137 Å². The number of hydrogen-bond acceptors (Lipinski definition) is 1. The average molecular weight is 300 g/mol. The van der Waals surface area contributed by atoms with Crippen LogP contribution in [0, 0.1) is 20.8 Å². The van der Waals surface area contributed by atoms with E-state index in [1.54, 1.807) is 0 Å². The molecule has 0 aliphatic rings. The van der Waals surface area contributed by atoms with Gasteiger partial charge in [-0.05, 0) is 48.6 Å². The summed E-state index contributed by atoms with van der Waals surface area (Å²) < 4.78 is 0. The molecule has 3 rings (SSSR count). The Morgan fingerprint density at radius 3 is 1.74 bits per heavy atom. The van der Waals surface area contributed by atoms with Crippen molar-refractivity contribution in [2.45, 2.75) is 20.8 Å². The van der Waals surface area contributed by atoms with Crippen LogP contribution in [-0.2, 0) is 0 Å². The van der Waals surface area contributed by atoms with Crippen molar-refractivity contribution in [3.05, 3.63) is 94.5 Å². The van der Waals surface area contributed by atoms with E-state index in [4.69, 9.17) is 0 Å². The van der Waals surface area contributed by atoms with Crippen LogP contribution in [0.25, 0.3) is 11.1 Å². The number of rotatable bonds is 3. The van der Waals surface area contributed by atoms with Crippen LogP contribution in [0.1, 0.15) is 32.6 Å². The van der Waals surface area contributed by atoms with Crippen molar-refractivity contribution in [1.29, 1.82) is 0 Å². The number of benzene rings is 3. The SMILES string of the molecule is Cc1cccc(C)c1C(=O)c1c(C)cccc1-c1ccccc1. The maximum Gasteiger partial charge on any atom is 0.194 e. The molecule has 0 bridgehead atoms. The van der Waals surface area contributed by atoms with E-state index in [1.165, 1.54) is 0 Å². The summed E-state index contributed by atoms with van der Waals surface area (Å²) in [5, 5.41) is 0. The van der Waals surface area contributed by atoms with Crippen LogP contribution >= 0.6 is 0 Å². The van der Waals surface area contributed by atoms with Gasteiger partial charge < -0.3 is 0 Å². The van der Waals surface area contributed by atoms with Gasteiger partial charge in [-0.15, -0.1) is 0 Å². The lowest BCUT2D eigenvalue weighted by Gasteiger charge is -2.15. The van der Waals surface area contributed by atoms with Crippen molar-refractivity contribution < 1.29 is 4.79 Å². The van der Waals surface area contributed by atoms with E-state index in [2.05, 4.69) is 12.1 Å². The molecule has 3 aromatic carbocycles. The van der Waals surface area contributed by atoms with E-state index < -0.39 is 0 Å². The number of ketones is 1. The molecular weight excluding hydrogens is 280 g/mol. The van der Waals surface area contributed by atoms with E-state index in [1.807, 2.05) is 75.4 Å². The fraction of sp³-hybridized carbons (Fsp3) is 0.136. The number of hydrogen-bond donors (Lipinski definition) is 0. The molecule has 0 saturated heterocycles. The van der Waals surface area contributed by atoms with Gasteiger partial charge in [0.05, 0.1) is 0 Å². The molecular formula is C22H20O. The molecule has 0 aliphatic carbocycles. The quantitative estimate of drug-likeness (QED) is 0.583. The van der Waals surface area contributed by atoms with Crippen molar-refractivity contribution in [2.75, 3.05) is 0 Å². The highest BCUT2D eigenvalue weighted by Crippen LogP contribution is 2.29. The van der Waals surface area contributed by atoms with Crippen LogP contribution in [0.4, 0.5) is 0 Å². The molecule has 0 fully saturated rings. The van der Waals surface area contributed by atoms with Crippen molar-refractivity contribution >= 4 is 5.78 Å². The number of carbonyl (C=O) groups excluding carboxylic acids is 1. The molecule has 0 radical (unpaired) electrons. The van der Waals surface area contributed by atoms with Gasteiger partial charge in [0, 0.05) is 11.1 Å². The molecule has 0 heterocycles. The van der Waals surface area contributed by atoms with Gasteiger partial charge in [0.1, 0.15) is 0 Å². The van der Waals surface area contributed by atoms with Crippen LogP contribution < -0.4 is 0 Å². The van der Waals surface area contributed by atoms with Gasteiger partial charge in [0.2, 0.25) is 0 Å². The fourth-order valence-corrected chi connectivity index (χ4v) is 3.13. The average Bonchev–Trinajstić information content (AvgIpc) is 2.55. The molecule has 0 unspecified atom stereocenters. The maximum atomic E-state index is 13.3. The highest BCUT2D eigenvalue weighted by atomic mass is 16.1. The summed E-state index contributed by atoms with van der Waals surface area (Å²) in [6, 6.07) is 22.2. The van der Waals surface area contributed by atoms with Gasteiger partial charge >= 0.3 is 0 Å². The fourth-order valence-electron chi connectivity index (χ4n) is 3.13. The summed E-state index contributed by atoms with van der Waals surface area (Å²) in [4.78, 5) is 13.3. The first-order valence-electron chi connectivity index (χ1n) is 7.85. The highest BCUT2D eigenvalue weighted by Gasteiger charge is 2.20. The molecule has 0 atom stereocenters. The first-order valence-corrected chi connectivity index (χ1v) is 7.85. The van der Waals surface area contributed by atoms with E-state index in [9.17, 15) is 4.79 Å². The Balaban J connectivity index is 2.23. The zero-order valence-corrected chi connectivity index (χ0v) is 13.8. The summed E-state index contributed by atoms with van der Waals surface area (Å²) in [6.07, 6.45) is 0. The summed E-state index contributed by atoms with van der Waals surface area (Å²) in [5.41, 5.74) is 6.76. The van der Waals surface area contributed by atoms with Crippen molar-refractivity contribution in [2.24, 2.45) is 0 Å². The lowest BCUT2D eigenvalue weighted by atomic mass is 9.87. The summed E-state index contributed by atoms with van der Waals surface area (Å²) >= 11 is 0.